The maximum Gasteiger partial charge on any atom is 0.266 e. The van der Waals surface area contributed by atoms with E-state index in [-0.39, 0.29) is 17.5 Å². The van der Waals surface area contributed by atoms with Gasteiger partial charge < -0.3 is 0 Å². The first-order valence-electron chi connectivity index (χ1n) is 7.38. The molecular formula is C18H14F2N2OS. The molecule has 1 heterocycles. The number of hydrogen-bond acceptors (Lipinski definition) is 3. The van der Waals surface area contributed by atoms with Crippen molar-refractivity contribution in [2.75, 3.05) is 6.54 Å². The summed E-state index contributed by atoms with van der Waals surface area (Å²) in [7, 11) is 0. The molecule has 0 saturated carbocycles. The third kappa shape index (κ3) is 3.54. The Bertz CT molecular complexity index is 831. The summed E-state index contributed by atoms with van der Waals surface area (Å²) in [6.45, 7) is 2.32. The van der Waals surface area contributed by atoms with E-state index >= 15 is 0 Å². The van der Waals surface area contributed by atoms with Crippen LogP contribution in [-0.2, 0) is 4.79 Å². The minimum atomic E-state index is -0.354. The Hall–Kier alpha value is -2.47. The molecule has 1 fully saturated rings. The molecule has 1 saturated heterocycles. The summed E-state index contributed by atoms with van der Waals surface area (Å²) in [5.41, 5.74) is 1.18. The van der Waals surface area contributed by atoms with Crippen molar-refractivity contribution in [1.29, 1.82) is 0 Å². The van der Waals surface area contributed by atoms with E-state index < -0.39 is 0 Å². The number of amidine groups is 1. The SMILES string of the molecule is CCN1C(=O)/C(=C\c2cccc(F)c2)SC1=Nc1ccc(F)cc1. The van der Waals surface area contributed by atoms with Crippen molar-refractivity contribution in [3.05, 3.63) is 70.6 Å². The summed E-state index contributed by atoms with van der Waals surface area (Å²) in [6.07, 6.45) is 1.64. The second kappa shape index (κ2) is 6.97. The fourth-order valence-corrected chi connectivity index (χ4v) is 3.31. The molecule has 0 aliphatic carbocycles. The van der Waals surface area contributed by atoms with Crippen molar-refractivity contribution in [1.82, 2.24) is 4.90 Å². The molecule has 1 aliphatic heterocycles. The van der Waals surface area contributed by atoms with E-state index in [1.807, 2.05) is 6.92 Å². The Morgan fingerprint density at radius 3 is 2.54 bits per heavy atom. The van der Waals surface area contributed by atoms with Gasteiger partial charge in [-0.05, 0) is 66.7 Å². The lowest BCUT2D eigenvalue weighted by molar-refractivity contribution is -0.122. The second-order valence-electron chi connectivity index (χ2n) is 5.09. The van der Waals surface area contributed by atoms with Crippen LogP contribution in [0, 0.1) is 11.6 Å². The first-order valence-corrected chi connectivity index (χ1v) is 8.19. The molecule has 1 amide bonds. The van der Waals surface area contributed by atoms with E-state index in [4.69, 9.17) is 0 Å². The molecule has 2 aromatic rings. The third-order valence-electron chi connectivity index (χ3n) is 3.40. The van der Waals surface area contributed by atoms with Gasteiger partial charge in [-0.15, -0.1) is 0 Å². The summed E-state index contributed by atoms with van der Waals surface area (Å²) >= 11 is 1.22. The molecule has 0 bridgehead atoms. The first kappa shape index (κ1) is 16.4. The number of amides is 1. The molecule has 0 aromatic heterocycles. The molecule has 122 valence electrons. The molecule has 2 aromatic carbocycles. The molecule has 3 nitrogen and oxygen atoms in total. The zero-order valence-electron chi connectivity index (χ0n) is 12.9. The number of rotatable bonds is 3. The number of thioether (sulfide) groups is 1. The van der Waals surface area contributed by atoms with Crippen LogP contribution in [0.1, 0.15) is 12.5 Å². The Labute approximate surface area is 142 Å². The molecule has 0 unspecified atom stereocenters. The van der Waals surface area contributed by atoms with Crippen molar-refractivity contribution < 1.29 is 13.6 Å². The van der Waals surface area contributed by atoms with Gasteiger partial charge in [0.1, 0.15) is 11.6 Å². The number of halogens is 2. The topological polar surface area (TPSA) is 32.7 Å². The Balaban J connectivity index is 1.92. The van der Waals surface area contributed by atoms with Crippen LogP contribution < -0.4 is 0 Å². The molecular weight excluding hydrogens is 330 g/mol. The molecule has 0 radical (unpaired) electrons. The maximum atomic E-state index is 13.3. The third-order valence-corrected chi connectivity index (χ3v) is 4.41. The summed E-state index contributed by atoms with van der Waals surface area (Å²) < 4.78 is 26.3. The number of hydrogen-bond donors (Lipinski definition) is 0. The minimum absolute atomic E-state index is 0.173. The predicted molar refractivity (Wildman–Crippen MR) is 92.9 cm³/mol. The monoisotopic (exact) mass is 344 g/mol. The molecule has 0 atom stereocenters. The van der Waals surface area contributed by atoms with Crippen LogP contribution in [0.2, 0.25) is 0 Å². The van der Waals surface area contributed by atoms with Gasteiger partial charge in [-0.25, -0.2) is 13.8 Å². The van der Waals surface area contributed by atoms with Crippen LogP contribution in [0.5, 0.6) is 0 Å². The average Bonchev–Trinajstić information content (AvgIpc) is 2.84. The standard InChI is InChI=1S/C18H14F2N2OS/c1-2-22-17(23)16(11-12-4-3-5-14(20)10-12)24-18(22)21-15-8-6-13(19)7-9-15/h3-11H,2H2,1H3/b16-11+,21-18?. The van der Waals surface area contributed by atoms with Crippen molar-refractivity contribution in [3.8, 4) is 0 Å². The first-order chi connectivity index (χ1) is 11.6. The van der Waals surface area contributed by atoms with Crippen LogP contribution in [0.4, 0.5) is 14.5 Å². The van der Waals surface area contributed by atoms with Crippen LogP contribution >= 0.6 is 11.8 Å². The smallest absolute Gasteiger partial charge is 0.266 e. The van der Waals surface area contributed by atoms with Gasteiger partial charge in [0.15, 0.2) is 5.17 Å². The minimum Gasteiger partial charge on any atom is -0.287 e. The Morgan fingerprint density at radius 2 is 1.88 bits per heavy atom. The number of carbonyl (C=O) groups excluding carboxylic acids is 1. The summed E-state index contributed by atoms with van der Waals surface area (Å²) in [5, 5.41) is 0.525. The molecule has 24 heavy (non-hydrogen) atoms. The number of benzene rings is 2. The normalized spacial score (nSPS) is 18.0. The van der Waals surface area contributed by atoms with Gasteiger partial charge in [-0.3, -0.25) is 9.69 Å². The highest BCUT2D eigenvalue weighted by atomic mass is 32.2. The zero-order valence-corrected chi connectivity index (χ0v) is 13.7. The number of carbonyl (C=O) groups is 1. The van der Waals surface area contributed by atoms with Crippen LogP contribution in [-0.4, -0.2) is 22.5 Å². The second-order valence-corrected chi connectivity index (χ2v) is 6.09. The van der Waals surface area contributed by atoms with E-state index in [0.717, 1.165) is 0 Å². The van der Waals surface area contributed by atoms with Gasteiger partial charge >= 0.3 is 0 Å². The lowest BCUT2D eigenvalue weighted by Crippen LogP contribution is -2.28. The van der Waals surface area contributed by atoms with Crippen LogP contribution in [0.3, 0.4) is 0 Å². The van der Waals surface area contributed by atoms with E-state index in [9.17, 15) is 13.6 Å². The summed E-state index contributed by atoms with van der Waals surface area (Å²) in [5.74, 6) is -0.867. The summed E-state index contributed by atoms with van der Waals surface area (Å²) in [4.78, 5) is 18.9. The number of aliphatic imine (C=N–C) groups is 1. The summed E-state index contributed by atoms with van der Waals surface area (Å²) in [6, 6.07) is 11.8. The quantitative estimate of drug-likeness (QED) is 0.763. The molecule has 6 heteroatoms. The maximum absolute atomic E-state index is 13.3. The molecule has 1 aliphatic rings. The van der Waals surface area contributed by atoms with Gasteiger partial charge in [0.2, 0.25) is 0 Å². The lowest BCUT2D eigenvalue weighted by Gasteiger charge is -2.11. The molecule has 3 rings (SSSR count). The molecule has 0 N–H and O–H groups in total. The van der Waals surface area contributed by atoms with Crippen molar-refractivity contribution >= 4 is 34.6 Å². The largest absolute Gasteiger partial charge is 0.287 e. The van der Waals surface area contributed by atoms with E-state index in [1.165, 1.54) is 36.0 Å². The fraction of sp³-hybridized carbons (Fsp3) is 0.111. The van der Waals surface area contributed by atoms with Gasteiger partial charge in [-0.2, -0.15) is 0 Å². The van der Waals surface area contributed by atoms with E-state index in [1.54, 1.807) is 35.2 Å². The van der Waals surface area contributed by atoms with Crippen molar-refractivity contribution in [2.45, 2.75) is 6.92 Å². The van der Waals surface area contributed by atoms with Crippen molar-refractivity contribution in [3.63, 3.8) is 0 Å². The average molecular weight is 344 g/mol. The Morgan fingerprint density at radius 1 is 1.12 bits per heavy atom. The predicted octanol–water partition coefficient (Wildman–Crippen LogP) is 4.59. The Kier molecular flexibility index (Phi) is 4.76. The van der Waals surface area contributed by atoms with Crippen LogP contribution in [0.15, 0.2) is 58.4 Å². The lowest BCUT2D eigenvalue weighted by atomic mass is 10.2. The number of nitrogens with zero attached hydrogens (tertiary/aromatic N) is 2. The van der Waals surface area contributed by atoms with Gasteiger partial charge in [0, 0.05) is 6.54 Å². The molecule has 0 spiro atoms. The highest BCUT2D eigenvalue weighted by molar-refractivity contribution is 8.18. The van der Waals surface area contributed by atoms with E-state index in [2.05, 4.69) is 4.99 Å². The fourth-order valence-electron chi connectivity index (χ4n) is 2.24. The highest BCUT2D eigenvalue weighted by Crippen LogP contribution is 2.34. The van der Waals surface area contributed by atoms with Gasteiger partial charge in [-0.1, -0.05) is 12.1 Å². The van der Waals surface area contributed by atoms with Gasteiger partial charge in [0.05, 0.1) is 10.6 Å². The van der Waals surface area contributed by atoms with Crippen LogP contribution in [0.25, 0.3) is 6.08 Å². The van der Waals surface area contributed by atoms with Crippen molar-refractivity contribution in [2.24, 2.45) is 4.99 Å². The zero-order chi connectivity index (χ0) is 17.1. The number of likely N-dealkylation sites (N-methyl/N-ethyl adjacent to an activating group) is 1. The van der Waals surface area contributed by atoms with E-state index in [0.29, 0.717) is 27.9 Å². The highest BCUT2D eigenvalue weighted by Gasteiger charge is 2.32. The van der Waals surface area contributed by atoms with Gasteiger partial charge in [0.25, 0.3) is 5.91 Å².